The van der Waals surface area contributed by atoms with E-state index in [-0.39, 0.29) is 11.8 Å². The lowest BCUT2D eigenvalue weighted by atomic mass is 10.0. The first kappa shape index (κ1) is 27.3. The van der Waals surface area contributed by atoms with E-state index in [9.17, 15) is 9.59 Å². The number of carbonyl (C=O) groups excluding carboxylic acids is 2. The molecule has 3 aromatic rings. The molecule has 1 N–H and O–H groups in total. The Labute approximate surface area is 219 Å². The van der Waals surface area contributed by atoms with Gasteiger partial charge in [-0.3, -0.25) is 9.59 Å². The number of hydrogen-bond acceptors (Lipinski definition) is 4. The van der Waals surface area contributed by atoms with E-state index in [1.807, 2.05) is 84.9 Å². The third-order valence-corrected chi connectivity index (χ3v) is 6.94. The number of rotatable bonds is 14. The Morgan fingerprint density at radius 2 is 1.53 bits per heavy atom. The Bertz CT molecular complexity index is 1060. The lowest BCUT2D eigenvalue weighted by Crippen LogP contribution is -2.51. The van der Waals surface area contributed by atoms with E-state index in [0.717, 1.165) is 35.3 Å². The SMILES string of the molecule is CCCCNC(=O)[C@@H](Cc1ccccc1)N(Cc1ccccc1)C(=O)CSCc1ccc(OC)cc1. The molecule has 1 atom stereocenters. The van der Waals surface area contributed by atoms with E-state index in [2.05, 4.69) is 12.2 Å². The molecule has 0 aliphatic carbocycles. The van der Waals surface area contributed by atoms with E-state index in [1.165, 1.54) is 0 Å². The fourth-order valence-corrected chi connectivity index (χ4v) is 4.77. The molecule has 0 fully saturated rings. The molecular formula is C30H36N2O3S. The summed E-state index contributed by atoms with van der Waals surface area (Å²) < 4.78 is 5.23. The number of methoxy groups -OCH3 is 1. The molecule has 3 rings (SSSR count). The average Bonchev–Trinajstić information content (AvgIpc) is 2.92. The van der Waals surface area contributed by atoms with Gasteiger partial charge in [-0.1, -0.05) is 86.1 Å². The monoisotopic (exact) mass is 504 g/mol. The van der Waals surface area contributed by atoms with Crippen molar-refractivity contribution in [2.24, 2.45) is 0 Å². The third kappa shape index (κ3) is 8.76. The van der Waals surface area contributed by atoms with E-state index < -0.39 is 6.04 Å². The molecule has 0 saturated heterocycles. The van der Waals surface area contributed by atoms with Crippen molar-refractivity contribution in [2.45, 2.75) is 44.5 Å². The Kier molecular flexibility index (Phi) is 11.4. The number of amides is 2. The normalized spacial score (nSPS) is 11.5. The van der Waals surface area contributed by atoms with Gasteiger partial charge in [0.2, 0.25) is 11.8 Å². The van der Waals surface area contributed by atoms with Crippen molar-refractivity contribution < 1.29 is 14.3 Å². The molecule has 5 nitrogen and oxygen atoms in total. The minimum absolute atomic E-state index is 0.0380. The van der Waals surface area contributed by atoms with Gasteiger partial charge in [0.15, 0.2) is 0 Å². The van der Waals surface area contributed by atoms with Crippen LogP contribution >= 0.6 is 11.8 Å². The Morgan fingerprint density at radius 1 is 0.889 bits per heavy atom. The number of unbranched alkanes of at least 4 members (excludes halogenated alkanes) is 1. The molecular weight excluding hydrogens is 468 g/mol. The molecule has 0 saturated carbocycles. The Balaban J connectivity index is 1.78. The Hall–Kier alpha value is -3.25. The molecule has 190 valence electrons. The van der Waals surface area contributed by atoms with Crippen LogP contribution in [-0.2, 0) is 28.3 Å². The summed E-state index contributed by atoms with van der Waals surface area (Å²) in [4.78, 5) is 28.8. The molecule has 0 radical (unpaired) electrons. The van der Waals surface area contributed by atoms with Crippen LogP contribution in [0.3, 0.4) is 0 Å². The first-order chi connectivity index (χ1) is 17.6. The summed E-state index contributed by atoms with van der Waals surface area (Å²) in [6.45, 7) is 3.10. The van der Waals surface area contributed by atoms with Gasteiger partial charge in [-0.05, 0) is 35.2 Å². The summed E-state index contributed by atoms with van der Waals surface area (Å²) in [7, 11) is 1.65. The van der Waals surface area contributed by atoms with Crippen molar-refractivity contribution >= 4 is 23.6 Å². The van der Waals surface area contributed by atoms with Gasteiger partial charge in [-0.15, -0.1) is 11.8 Å². The second kappa shape index (κ2) is 15.0. The number of ether oxygens (including phenoxy) is 1. The van der Waals surface area contributed by atoms with Crippen molar-refractivity contribution in [3.8, 4) is 5.75 Å². The highest BCUT2D eigenvalue weighted by atomic mass is 32.2. The van der Waals surface area contributed by atoms with E-state index in [1.54, 1.807) is 23.8 Å². The second-order valence-corrected chi connectivity index (χ2v) is 9.68. The van der Waals surface area contributed by atoms with Crippen LogP contribution in [0.25, 0.3) is 0 Å². The van der Waals surface area contributed by atoms with Crippen molar-refractivity contribution in [3.63, 3.8) is 0 Å². The molecule has 0 aliphatic rings. The summed E-state index contributed by atoms with van der Waals surface area (Å²) in [5.41, 5.74) is 3.16. The standard InChI is InChI=1S/C30H36N2O3S/c1-3-4-19-31-30(34)28(20-24-11-7-5-8-12-24)32(21-25-13-9-6-10-14-25)29(33)23-36-22-26-15-17-27(35-2)18-16-26/h5-18,28H,3-4,19-23H2,1-2H3,(H,31,34)/t28-/m1/s1. The topological polar surface area (TPSA) is 58.6 Å². The largest absolute Gasteiger partial charge is 0.497 e. The smallest absolute Gasteiger partial charge is 0.243 e. The van der Waals surface area contributed by atoms with Gasteiger partial charge in [0, 0.05) is 25.3 Å². The number of nitrogens with one attached hydrogen (secondary N) is 1. The number of carbonyl (C=O) groups is 2. The summed E-state index contributed by atoms with van der Waals surface area (Å²) in [5, 5.41) is 3.07. The number of nitrogens with zero attached hydrogens (tertiary/aromatic N) is 1. The fourth-order valence-electron chi connectivity index (χ4n) is 3.90. The zero-order valence-corrected chi connectivity index (χ0v) is 22.0. The van der Waals surface area contributed by atoms with E-state index in [0.29, 0.717) is 31.0 Å². The van der Waals surface area contributed by atoms with Gasteiger partial charge in [-0.25, -0.2) is 0 Å². The summed E-state index contributed by atoms with van der Waals surface area (Å²) in [6, 6.07) is 27.1. The molecule has 0 unspecified atom stereocenters. The summed E-state index contributed by atoms with van der Waals surface area (Å²) in [6.07, 6.45) is 2.38. The first-order valence-corrected chi connectivity index (χ1v) is 13.6. The van der Waals surface area contributed by atoms with Gasteiger partial charge < -0.3 is 15.0 Å². The molecule has 0 aromatic heterocycles. The average molecular weight is 505 g/mol. The molecule has 36 heavy (non-hydrogen) atoms. The zero-order valence-electron chi connectivity index (χ0n) is 21.2. The predicted octanol–water partition coefficient (Wildman–Crippen LogP) is 5.48. The minimum Gasteiger partial charge on any atom is -0.497 e. The molecule has 0 aliphatic heterocycles. The van der Waals surface area contributed by atoms with Crippen LogP contribution in [0.15, 0.2) is 84.9 Å². The maximum absolute atomic E-state index is 13.6. The van der Waals surface area contributed by atoms with Crippen molar-refractivity contribution in [1.82, 2.24) is 10.2 Å². The minimum atomic E-state index is -0.585. The molecule has 3 aromatic carbocycles. The third-order valence-electron chi connectivity index (χ3n) is 5.95. The molecule has 0 heterocycles. The van der Waals surface area contributed by atoms with Crippen molar-refractivity contribution in [1.29, 1.82) is 0 Å². The maximum atomic E-state index is 13.6. The quantitative estimate of drug-likeness (QED) is 0.295. The van der Waals surface area contributed by atoms with E-state index in [4.69, 9.17) is 4.74 Å². The summed E-state index contributed by atoms with van der Waals surface area (Å²) >= 11 is 1.56. The summed E-state index contributed by atoms with van der Waals surface area (Å²) in [5.74, 6) is 1.68. The molecule has 2 amide bonds. The highest BCUT2D eigenvalue weighted by Crippen LogP contribution is 2.20. The van der Waals surface area contributed by atoms with Crippen LogP contribution in [0.2, 0.25) is 0 Å². The van der Waals surface area contributed by atoms with Gasteiger partial charge in [0.05, 0.1) is 12.9 Å². The van der Waals surface area contributed by atoms with Crippen LogP contribution in [-0.4, -0.2) is 42.2 Å². The van der Waals surface area contributed by atoms with Crippen LogP contribution in [0.1, 0.15) is 36.5 Å². The van der Waals surface area contributed by atoms with Gasteiger partial charge >= 0.3 is 0 Å². The highest BCUT2D eigenvalue weighted by molar-refractivity contribution is 7.99. The van der Waals surface area contributed by atoms with Crippen LogP contribution in [0, 0.1) is 0 Å². The number of hydrogen-bond donors (Lipinski definition) is 1. The highest BCUT2D eigenvalue weighted by Gasteiger charge is 2.30. The maximum Gasteiger partial charge on any atom is 0.243 e. The first-order valence-electron chi connectivity index (χ1n) is 12.5. The fraction of sp³-hybridized carbons (Fsp3) is 0.333. The van der Waals surface area contributed by atoms with Crippen LogP contribution < -0.4 is 10.1 Å². The van der Waals surface area contributed by atoms with Crippen LogP contribution in [0.5, 0.6) is 5.75 Å². The number of benzene rings is 3. The molecule has 0 bridgehead atoms. The van der Waals surface area contributed by atoms with Gasteiger partial charge in [0.1, 0.15) is 11.8 Å². The number of thioether (sulfide) groups is 1. The van der Waals surface area contributed by atoms with Crippen LogP contribution in [0.4, 0.5) is 0 Å². The van der Waals surface area contributed by atoms with Crippen molar-refractivity contribution in [3.05, 3.63) is 102 Å². The lowest BCUT2D eigenvalue weighted by molar-refractivity contribution is -0.139. The molecule has 6 heteroatoms. The lowest BCUT2D eigenvalue weighted by Gasteiger charge is -2.31. The molecule has 0 spiro atoms. The second-order valence-electron chi connectivity index (χ2n) is 8.70. The van der Waals surface area contributed by atoms with E-state index >= 15 is 0 Å². The Morgan fingerprint density at radius 3 is 2.14 bits per heavy atom. The van der Waals surface area contributed by atoms with Gasteiger partial charge in [0.25, 0.3) is 0 Å². The zero-order chi connectivity index (χ0) is 25.6. The van der Waals surface area contributed by atoms with Gasteiger partial charge in [-0.2, -0.15) is 0 Å². The predicted molar refractivity (Wildman–Crippen MR) is 148 cm³/mol. The van der Waals surface area contributed by atoms with Crippen molar-refractivity contribution in [2.75, 3.05) is 19.4 Å².